The maximum atomic E-state index is 4.61. The van der Waals surface area contributed by atoms with E-state index in [1.54, 1.807) is 0 Å². The second-order valence-corrected chi connectivity index (χ2v) is 5.40. The van der Waals surface area contributed by atoms with Gasteiger partial charge < -0.3 is 0 Å². The van der Waals surface area contributed by atoms with Crippen LogP contribution in [0.2, 0.25) is 0 Å². The number of hydrogen-bond acceptors (Lipinski definition) is 3. The van der Waals surface area contributed by atoms with Crippen LogP contribution in [-0.4, -0.2) is 26.2 Å². The zero-order valence-electron chi connectivity index (χ0n) is 12.1. The van der Waals surface area contributed by atoms with E-state index in [2.05, 4.69) is 46.3 Å². The second kappa shape index (κ2) is 6.18. The van der Waals surface area contributed by atoms with Crippen molar-refractivity contribution in [3.8, 4) is 0 Å². The zero-order valence-corrected chi connectivity index (χ0v) is 12.1. The molecule has 1 unspecified atom stereocenters. The Morgan fingerprint density at radius 3 is 2.95 bits per heavy atom. The van der Waals surface area contributed by atoms with Gasteiger partial charge in [-0.1, -0.05) is 12.5 Å². The first-order chi connectivity index (χ1) is 9.86. The number of likely N-dealkylation sites (tertiary alicyclic amines) is 1. The highest BCUT2D eigenvalue weighted by Gasteiger charge is 2.25. The molecule has 106 valence electrons. The highest BCUT2D eigenvalue weighted by Crippen LogP contribution is 2.30. The van der Waals surface area contributed by atoms with Gasteiger partial charge in [0, 0.05) is 25.5 Å². The van der Waals surface area contributed by atoms with Gasteiger partial charge in [0.05, 0.1) is 17.4 Å². The van der Waals surface area contributed by atoms with Crippen molar-refractivity contribution in [2.45, 2.75) is 45.3 Å². The summed E-state index contributed by atoms with van der Waals surface area (Å²) in [7, 11) is 0. The molecule has 4 heteroatoms. The van der Waals surface area contributed by atoms with Crippen LogP contribution in [0.15, 0.2) is 36.7 Å². The van der Waals surface area contributed by atoms with E-state index in [0.717, 1.165) is 25.3 Å². The Bertz CT molecular complexity index is 534. The van der Waals surface area contributed by atoms with Crippen LogP contribution in [0.5, 0.6) is 0 Å². The molecule has 0 spiro atoms. The summed E-state index contributed by atoms with van der Waals surface area (Å²) in [5.41, 5.74) is 2.36. The molecule has 0 aromatic carbocycles. The summed E-state index contributed by atoms with van der Waals surface area (Å²) in [5, 5.41) is 4.61. The summed E-state index contributed by atoms with van der Waals surface area (Å²) in [6.45, 7) is 5.12. The molecular weight excluding hydrogens is 248 g/mol. The fraction of sp³-hybridized carbons (Fsp3) is 0.500. The van der Waals surface area contributed by atoms with Crippen LogP contribution in [0, 0.1) is 0 Å². The topological polar surface area (TPSA) is 34.0 Å². The van der Waals surface area contributed by atoms with Crippen LogP contribution >= 0.6 is 0 Å². The molecular formula is C16H22N4. The van der Waals surface area contributed by atoms with Crippen molar-refractivity contribution < 1.29 is 0 Å². The van der Waals surface area contributed by atoms with Crippen LogP contribution in [0.1, 0.15) is 43.6 Å². The Morgan fingerprint density at radius 2 is 2.20 bits per heavy atom. The minimum Gasteiger partial charge on any atom is -0.289 e. The summed E-state index contributed by atoms with van der Waals surface area (Å²) in [4.78, 5) is 7.07. The molecule has 0 amide bonds. The Morgan fingerprint density at radius 1 is 1.25 bits per heavy atom. The Balaban J connectivity index is 1.75. The standard InChI is InChI=1S/C16H22N4/c1-2-20-12-9-14(18-20)13-19-11-6-4-8-16(19)15-7-3-5-10-17-15/h3,5,7,9-10,12,16H,2,4,6,8,11,13H2,1H3. The predicted molar refractivity (Wildman–Crippen MR) is 79.1 cm³/mol. The molecule has 0 saturated carbocycles. The second-order valence-electron chi connectivity index (χ2n) is 5.40. The van der Waals surface area contributed by atoms with Gasteiger partial charge in [0.2, 0.25) is 0 Å². The molecule has 3 rings (SSSR count). The van der Waals surface area contributed by atoms with E-state index in [-0.39, 0.29) is 0 Å². The van der Waals surface area contributed by atoms with Gasteiger partial charge in [-0.25, -0.2) is 0 Å². The number of aryl methyl sites for hydroxylation is 1. The number of pyridine rings is 1. The molecule has 0 N–H and O–H groups in total. The van der Waals surface area contributed by atoms with Crippen molar-refractivity contribution in [1.82, 2.24) is 19.7 Å². The van der Waals surface area contributed by atoms with Crippen molar-refractivity contribution in [2.24, 2.45) is 0 Å². The molecule has 1 saturated heterocycles. The van der Waals surface area contributed by atoms with Gasteiger partial charge in [0.25, 0.3) is 0 Å². The quantitative estimate of drug-likeness (QED) is 0.856. The molecule has 4 nitrogen and oxygen atoms in total. The monoisotopic (exact) mass is 270 g/mol. The Hall–Kier alpha value is -1.68. The minimum atomic E-state index is 0.441. The van der Waals surface area contributed by atoms with E-state index in [4.69, 9.17) is 0 Å². The first kappa shape index (κ1) is 13.3. The minimum absolute atomic E-state index is 0.441. The summed E-state index contributed by atoms with van der Waals surface area (Å²) >= 11 is 0. The molecule has 3 heterocycles. The summed E-state index contributed by atoms with van der Waals surface area (Å²) < 4.78 is 2.00. The van der Waals surface area contributed by atoms with Crippen LogP contribution in [0.25, 0.3) is 0 Å². The highest BCUT2D eigenvalue weighted by atomic mass is 15.3. The molecule has 2 aromatic rings. The van der Waals surface area contributed by atoms with E-state index in [1.165, 1.54) is 25.0 Å². The Kier molecular flexibility index (Phi) is 4.11. The summed E-state index contributed by atoms with van der Waals surface area (Å²) in [6, 6.07) is 8.79. The van der Waals surface area contributed by atoms with E-state index < -0.39 is 0 Å². The van der Waals surface area contributed by atoms with Crippen LogP contribution in [-0.2, 0) is 13.1 Å². The molecule has 0 aliphatic carbocycles. The van der Waals surface area contributed by atoms with Crippen molar-refractivity contribution in [3.05, 3.63) is 48.0 Å². The lowest BCUT2D eigenvalue weighted by atomic mass is 9.98. The first-order valence-electron chi connectivity index (χ1n) is 7.54. The van der Waals surface area contributed by atoms with Crippen LogP contribution < -0.4 is 0 Å². The lowest BCUT2D eigenvalue weighted by Crippen LogP contribution is -2.33. The van der Waals surface area contributed by atoms with Crippen molar-refractivity contribution in [2.75, 3.05) is 6.54 Å². The summed E-state index contributed by atoms with van der Waals surface area (Å²) in [5.74, 6) is 0. The lowest BCUT2D eigenvalue weighted by molar-refractivity contribution is 0.135. The third-order valence-electron chi connectivity index (χ3n) is 4.03. The van der Waals surface area contributed by atoms with Gasteiger partial charge in [0.1, 0.15) is 0 Å². The zero-order chi connectivity index (χ0) is 13.8. The molecule has 1 fully saturated rings. The van der Waals surface area contributed by atoms with Crippen molar-refractivity contribution >= 4 is 0 Å². The van der Waals surface area contributed by atoms with Crippen molar-refractivity contribution in [1.29, 1.82) is 0 Å². The summed E-state index contributed by atoms with van der Waals surface area (Å²) in [6.07, 6.45) is 7.73. The first-order valence-corrected chi connectivity index (χ1v) is 7.54. The molecule has 0 bridgehead atoms. The number of piperidine rings is 1. The average Bonchev–Trinajstić information content (AvgIpc) is 2.96. The van der Waals surface area contributed by atoms with Gasteiger partial charge in [-0.3, -0.25) is 14.6 Å². The average molecular weight is 270 g/mol. The van der Waals surface area contributed by atoms with Gasteiger partial charge >= 0.3 is 0 Å². The largest absolute Gasteiger partial charge is 0.289 e. The fourth-order valence-corrected chi connectivity index (χ4v) is 2.96. The lowest BCUT2D eigenvalue weighted by Gasteiger charge is -2.34. The number of nitrogens with zero attached hydrogens (tertiary/aromatic N) is 4. The maximum Gasteiger partial charge on any atom is 0.0765 e. The number of hydrogen-bond donors (Lipinski definition) is 0. The molecule has 1 atom stereocenters. The molecule has 0 radical (unpaired) electrons. The third kappa shape index (κ3) is 2.90. The van der Waals surface area contributed by atoms with E-state index >= 15 is 0 Å². The predicted octanol–water partition coefficient (Wildman–Crippen LogP) is 3.03. The normalized spacial score (nSPS) is 20.1. The van der Waals surface area contributed by atoms with E-state index in [0.29, 0.717) is 6.04 Å². The van der Waals surface area contributed by atoms with Gasteiger partial charge in [-0.05, 0) is 44.5 Å². The molecule has 2 aromatic heterocycles. The van der Waals surface area contributed by atoms with E-state index in [1.807, 2.05) is 16.9 Å². The maximum absolute atomic E-state index is 4.61. The van der Waals surface area contributed by atoms with Crippen LogP contribution in [0.3, 0.4) is 0 Å². The van der Waals surface area contributed by atoms with Gasteiger partial charge in [-0.15, -0.1) is 0 Å². The molecule has 1 aliphatic heterocycles. The van der Waals surface area contributed by atoms with Gasteiger partial charge in [0.15, 0.2) is 0 Å². The van der Waals surface area contributed by atoms with Crippen LogP contribution in [0.4, 0.5) is 0 Å². The Labute approximate surface area is 120 Å². The fourth-order valence-electron chi connectivity index (χ4n) is 2.96. The smallest absolute Gasteiger partial charge is 0.0765 e. The number of aromatic nitrogens is 3. The SMILES string of the molecule is CCn1ccc(CN2CCCCC2c2ccccn2)n1. The van der Waals surface area contributed by atoms with Gasteiger partial charge in [-0.2, -0.15) is 5.10 Å². The third-order valence-corrected chi connectivity index (χ3v) is 4.03. The number of rotatable bonds is 4. The molecule has 20 heavy (non-hydrogen) atoms. The highest BCUT2D eigenvalue weighted by molar-refractivity contribution is 5.10. The van der Waals surface area contributed by atoms with E-state index in [9.17, 15) is 0 Å². The van der Waals surface area contributed by atoms with Crippen molar-refractivity contribution in [3.63, 3.8) is 0 Å². The molecule has 1 aliphatic rings.